The summed E-state index contributed by atoms with van der Waals surface area (Å²) in [6.45, 7) is 2.32. The molecule has 1 unspecified atom stereocenters. The largest absolute Gasteiger partial charge is 0.494 e. The van der Waals surface area contributed by atoms with Gasteiger partial charge in [-0.3, -0.25) is 4.99 Å². The number of ether oxygens (including phenoxy) is 1. The van der Waals surface area contributed by atoms with Crippen molar-refractivity contribution in [1.82, 2.24) is 0 Å². The topological polar surface area (TPSA) is 58.9 Å². The summed E-state index contributed by atoms with van der Waals surface area (Å²) < 4.78 is 5.80. The Bertz CT molecular complexity index is 989. The van der Waals surface area contributed by atoms with Gasteiger partial charge in [0.25, 0.3) is 0 Å². The van der Waals surface area contributed by atoms with E-state index in [4.69, 9.17) is 9.73 Å². The predicted molar refractivity (Wildman–Crippen MR) is 129 cm³/mol. The summed E-state index contributed by atoms with van der Waals surface area (Å²) >= 11 is 0. The van der Waals surface area contributed by atoms with E-state index in [2.05, 4.69) is 0 Å². The Labute approximate surface area is 189 Å². The Morgan fingerprint density at radius 1 is 0.906 bits per heavy atom. The minimum absolute atomic E-state index is 0.313. The number of benzene rings is 3. The molecule has 0 aliphatic rings. The minimum Gasteiger partial charge on any atom is -0.494 e. The van der Waals surface area contributed by atoms with Crippen LogP contribution in [0.25, 0.3) is 0 Å². The van der Waals surface area contributed by atoms with Gasteiger partial charge in [-0.25, -0.2) is 4.79 Å². The molecule has 0 heterocycles. The highest BCUT2D eigenvalue weighted by molar-refractivity contribution is 6.13. The van der Waals surface area contributed by atoms with E-state index in [-0.39, 0.29) is 0 Å². The van der Waals surface area contributed by atoms with E-state index in [1.54, 1.807) is 0 Å². The summed E-state index contributed by atoms with van der Waals surface area (Å²) in [4.78, 5) is 17.5. The zero-order valence-electron chi connectivity index (χ0n) is 18.4. The molecule has 3 rings (SSSR count). The first-order valence-electron chi connectivity index (χ1n) is 10.9. The Hall–Kier alpha value is -3.66. The Kier molecular flexibility index (Phi) is 8.38. The van der Waals surface area contributed by atoms with E-state index < -0.39 is 11.5 Å². The molecule has 0 saturated heterocycles. The number of para-hydroxylation sites is 1. The second-order valence-corrected chi connectivity index (χ2v) is 7.57. The zero-order chi connectivity index (χ0) is 22.7. The highest BCUT2D eigenvalue weighted by Gasteiger charge is 2.37. The number of hydrogen-bond acceptors (Lipinski definition) is 3. The Morgan fingerprint density at radius 2 is 1.44 bits per heavy atom. The molecule has 4 nitrogen and oxygen atoms in total. The van der Waals surface area contributed by atoms with E-state index in [0.717, 1.165) is 16.9 Å². The summed E-state index contributed by atoms with van der Waals surface area (Å²) in [5, 5.41) is 10.3. The van der Waals surface area contributed by atoms with E-state index in [0.29, 0.717) is 31.6 Å². The van der Waals surface area contributed by atoms with Crippen LogP contribution in [0, 0.1) is 0 Å². The van der Waals surface area contributed by atoms with Crippen molar-refractivity contribution in [3.8, 4) is 5.75 Å². The third-order valence-corrected chi connectivity index (χ3v) is 5.26. The number of allylic oxidation sites excluding steroid dienone is 1. The normalized spacial score (nSPS) is 12.8. The number of carboxylic acid groups (broad SMARTS) is 1. The molecule has 164 valence electrons. The van der Waals surface area contributed by atoms with Gasteiger partial charge in [0.2, 0.25) is 0 Å². The van der Waals surface area contributed by atoms with E-state index in [9.17, 15) is 9.90 Å². The molecule has 0 saturated carbocycles. The fourth-order valence-electron chi connectivity index (χ4n) is 3.53. The predicted octanol–water partition coefficient (Wildman–Crippen LogP) is 6.17. The monoisotopic (exact) mass is 427 g/mol. The van der Waals surface area contributed by atoms with Gasteiger partial charge in [0.15, 0.2) is 5.54 Å². The van der Waals surface area contributed by atoms with E-state index in [1.165, 1.54) is 0 Å². The lowest BCUT2D eigenvalue weighted by atomic mass is 9.88. The first-order chi connectivity index (χ1) is 15.6. The van der Waals surface area contributed by atoms with Crippen LogP contribution in [0.3, 0.4) is 0 Å². The van der Waals surface area contributed by atoms with Gasteiger partial charge < -0.3 is 9.84 Å². The third kappa shape index (κ3) is 6.17. The van der Waals surface area contributed by atoms with Crippen LogP contribution in [0.5, 0.6) is 5.75 Å². The van der Waals surface area contributed by atoms with E-state index >= 15 is 0 Å². The summed E-state index contributed by atoms with van der Waals surface area (Å²) in [7, 11) is 0. The molecule has 0 aromatic heterocycles. The molecule has 1 N–H and O–H groups in total. The lowest BCUT2D eigenvalue weighted by Gasteiger charge is -2.26. The lowest BCUT2D eigenvalue weighted by Crippen LogP contribution is -2.38. The molecular weight excluding hydrogens is 398 g/mol. The van der Waals surface area contributed by atoms with Crippen molar-refractivity contribution in [2.24, 2.45) is 4.99 Å². The first kappa shape index (κ1) is 23.0. The number of aliphatic imine (C=N–C) groups is 1. The average molecular weight is 428 g/mol. The van der Waals surface area contributed by atoms with Crippen LogP contribution in [0.2, 0.25) is 0 Å². The SMILES string of the molecule is C/C=C/CC(CCCOc1ccccc1)(N=C(c1ccccc1)c1ccccc1)C(=O)O. The molecule has 1 atom stereocenters. The van der Waals surface area contributed by atoms with Crippen LogP contribution in [-0.2, 0) is 4.79 Å². The van der Waals surface area contributed by atoms with Crippen molar-refractivity contribution < 1.29 is 14.6 Å². The van der Waals surface area contributed by atoms with Crippen molar-refractivity contribution >= 4 is 11.7 Å². The van der Waals surface area contributed by atoms with Crippen molar-refractivity contribution in [2.45, 2.75) is 31.7 Å². The molecule has 0 radical (unpaired) electrons. The third-order valence-electron chi connectivity index (χ3n) is 5.26. The second kappa shape index (κ2) is 11.7. The van der Waals surface area contributed by atoms with Gasteiger partial charge in [-0.1, -0.05) is 91.0 Å². The van der Waals surface area contributed by atoms with E-state index in [1.807, 2.05) is 110 Å². The standard InChI is InChI=1S/C28H29NO3/c1-2-3-20-28(27(30)31,21-13-22-32-25-18-11-6-12-19-25)29-26(23-14-7-4-8-15-23)24-16-9-5-10-17-24/h2-12,14-19H,13,20-22H2,1H3,(H,30,31)/b3-2+. The van der Waals surface area contributed by atoms with Crippen molar-refractivity contribution in [2.75, 3.05) is 6.61 Å². The van der Waals surface area contributed by atoms with Gasteiger partial charge in [0.05, 0.1) is 12.3 Å². The van der Waals surface area contributed by atoms with Gasteiger partial charge in [0.1, 0.15) is 5.75 Å². The highest BCUT2D eigenvalue weighted by atomic mass is 16.5. The summed E-state index contributed by atoms with van der Waals surface area (Å²) in [5.41, 5.74) is 1.19. The summed E-state index contributed by atoms with van der Waals surface area (Å²) in [6, 6.07) is 29.1. The van der Waals surface area contributed by atoms with Gasteiger partial charge in [-0.05, 0) is 31.9 Å². The van der Waals surface area contributed by atoms with Crippen LogP contribution in [0.15, 0.2) is 108 Å². The zero-order valence-corrected chi connectivity index (χ0v) is 18.4. The number of hydrogen-bond donors (Lipinski definition) is 1. The van der Waals surface area contributed by atoms with Gasteiger partial charge in [-0.15, -0.1) is 0 Å². The van der Waals surface area contributed by atoms with Crippen molar-refractivity contribution in [3.05, 3.63) is 114 Å². The molecule has 0 aliphatic heterocycles. The Morgan fingerprint density at radius 3 is 1.94 bits per heavy atom. The minimum atomic E-state index is -1.28. The van der Waals surface area contributed by atoms with Gasteiger partial charge >= 0.3 is 5.97 Å². The quantitative estimate of drug-likeness (QED) is 0.226. The smallest absolute Gasteiger partial charge is 0.331 e. The highest BCUT2D eigenvalue weighted by Crippen LogP contribution is 2.27. The molecule has 0 fully saturated rings. The average Bonchev–Trinajstić information content (AvgIpc) is 2.84. The fraction of sp³-hybridized carbons (Fsp3) is 0.214. The van der Waals surface area contributed by atoms with Crippen LogP contribution in [-0.4, -0.2) is 28.9 Å². The maximum absolute atomic E-state index is 12.6. The van der Waals surface area contributed by atoms with Gasteiger partial charge in [-0.2, -0.15) is 0 Å². The molecule has 0 bridgehead atoms. The molecule has 0 amide bonds. The molecule has 0 spiro atoms. The van der Waals surface area contributed by atoms with Crippen LogP contribution >= 0.6 is 0 Å². The maximum Gasteiger partial charge on any atom is 0.331 e. The molecule has 3 aromatic carbocycles. The molecule has 32 heavy (non-hydrogen) atoms. The number of carboxylic acids is 1. The number of nitrogens with zero attached hydrogens (tertiary/aromatic N) is 1. The molecule has 3 aromatic rings. The first-order valence-corrected chi connectivity index (χ1v) is 10.9. The van der Waals surface area contributed by atoms with Crippen LogP contribution < -0.4 is 4.74 Å². The fourth-order valence-corrected chi connectivity index (χ4v) is 3.53. The Balaban J connectivity index is 1.94. The number of rotatable bonds is 11. The summed E-state index contributed by atoms with van der Waals surface area (Å²) in [6.07, 6.45) is 5.00. The maximum atomic E-state index is 12.6. The molecule has 4 heteroatoms. The lowest BCUT2D eigenvalue weighted by molar-refractivity contribution is -0.143. The van der Waals surface area contributed by atoms with Crippen LogP contribution in [0.4, 0.5) is 0 Å². The second-order valence-electron chi connectivity index (χ2n) is 7.57. The van der Waals surface area contributed by atoms with Crippen molar-refractivity contribution in [3.63, 3.8) is 0 Å². The van der Waals surface area contributed by atoms with Crippen molar-refractivity contribution in [1.29, 1.82) is 0 Å². The number of aliphatic carboxylic acids is 1. The summed E-state index contributed by atoms with van der Waals surface area (Å²) in [5.74, 6) is -0.153. The molecular formula is C28H29NO3. The van der Waals surface area contributed by atoms with Crippen LogP contribution in [0.1, 0.15) is 37.3 Å². The molecule has 0 aliphatic carbocycles. The van der Waals surface area contributed by atoms with Gasteiger partial charge in [0, 0.05) is 17.5 Å². The number of carbonyl (C=O) groups is 1.